The van der Waals surface area contributed by atoms with Gasteiger partial charge in [-0.05, 0) is 74.8 Å². The average molecular weight is 460 g/mol. The zero-order valence-corrected chi connectivity index (χ0v) is 18.7. The summed E-state index contributed by atoms with van der Waals surface area (Å²) in [5.41, 5.74) is 3.10. The molecular formula is C26H26FN5O2. The molecule has 0 radical (unpaired) electrons. The van der Waals surface area contributed by atoms with Gasteiger partial charge in [-0.25, -0.2) is 19.3 Å². The minimum atomic E-state index is -0.668. The molecule has 174 valence electrons. The number of nitrogens with zero attached hydrogens (tertiary/aromatic N) is 4. The molecule has 4 aromatic heterocycles. The fraction of sp³-hybridized carbons (Fsp3) is 0.462. The van der Waals surface area contributed by atoms with Crippen LogP contribution in [0, 0.1) is 29.5 Å². The van der Waals surface area contributed by atoms with Crippen molar-refractivity contribution in [2.45, 2.75) is 51.0 Å². The maximum atomic E-state index is 14.0. The van der Waals surface area contributed by atoms with E-state index in [0.717, 1.165) is 55.3 Å². The predicted octanol–water partition coefficient (Wildman–Crippen LogP) is 5.13. The van der Waals surface area contributed by atoms with E-state index in [1.54, 1.807) is 6.20 Å². The number of aliphatic carboxylic acids is 1. The Labute approximate surface area is 195 Å². The molecule has 7 nitrogen and oxygen atoms in total. The number of carboxylic acids is 1. The van der Waals surface area contributed by atoms with Crippen LogP contribution in [0.1, 0.15) is 50.3 Å². The number of nitrogens with one attached hydrogen (secondary N) is 1. The molecule has 0 saturated heterocycles. The number of hydrogen-bond donors (Lipinski definition) is 2. The highest BCUT2D eigenvalue weighted by molar-refractivity contribution is 5.93. The lowest BCUT2D eigenvalue weighted by atomic mass is 9.57. The van der Waals surface area contributed by atoms with Crippen molar-refractivity contribution >= 4 is 28.0 Å². The summed E-state index contributed by atoms with van der Waals surface area (Å²) in [7, 11) is 0. The third-order valence-electron chi connectivity index (χ3n) is 8.44. The van der Waals surface area contributed by atoms with Crippen LogP contribution in [0.5, 0.6) is 0 Å². The number of H-pyrrole nitrogens is 1. The smallest absolute Gasteiger partial charge is 0.307 e. The van der Waals surface area contributed by atoms with Gasteiger partial charge in [0.2, 0.25) is 0 Å². The van der Waals surface area contributed by atoms with Gasteiger partial charge >= 0.3 is 5.97 Å². The summed E-state index contributed by atoms with van der Waals surface area (Å²) >= 11 is 0. The lowest BCUT2D eigenvalue weighted by molar-refractivity contribution is -0.152. The molecule has 8 heteroatoms. The number of aromatic amines is 1. The van der Waals surface area contributed by atoms with Gasteiger partial charge in [0, 0.05) is 34.8 Å². The molecule has 0 amide bonds. The van der Waals surface area contributed by atoms with Crippen LogP contribution in [0.4, 0.5) is 4.39 Å². The fourth-order valence-electron chi connectivity index (χ4n) is 6.66. The van der Waals surface area contributed by atoms with Crippen molar-refractivity contribution in [3.63, 3.8) is 0 Å². The first-order valence-electron chi connectivity index (χ1n) is 12.3. The molecule has 8 rings (SSSR count). The number of carbonyl (C=O) groups is 1. The summed E-state index contributed by atoms with van der Waals surface area (Å²) in [6, 6.07) is 4.00. The van der Waals surface area contributed by atoms with Crippen LogP contribution in [0.2, 0.25) is 0 Å². The number of carboxylic acid groups (broad SMARTS) is 1. The van der Waals surface area contributed by atoms with E-state index in [0.29, 0.717) is 40.8 Å². The second kappa shape index (κ2) is 7.35. The molecule has 2 atom stereocenters. The second-order valence-corrected chi connectivity index (χ2v) is 10.3. The maximum Gasteiger partial charge on any atom is 0.307 e. The quantitative estimate of drug-likeness (QED) is 0.431. The number of rotatable bonds is 5. The van der Waals surface area contributed by atoms with Gasteiger partial charge < -0.3 is 14.7 Å². The van der Waals surface area contributed by atoms with Crippen molar-refractivity contribution in [2.75, 3.05) is 0 Å². The molecule has 4 fully saturated rings. The van der Waals surface area contributed by atoms with E-state index >= 15 is 0 Å². The van der Waals surface area contributed by atoms with E-state index in [-0.39, 0.29) is 17.8 Å². The Morgan fingerprint density at radius 2 is 1.91 bits per heavy atom. The van der Waals surface area contributed by atoms with Gasteiger partial charge in [0.05, 0.1) is 17.8 Å². The number of hydrogen-bond acceptors (Lipinski definition) is 4. The number of aromatic nitrogens is 5. The molecule has 4 aliphatic rings. The van der Waals surface area contributed by atoms with Crippen LogP contribution in [0.25, 0.3) is 33.5 Å². The Morgan fingerprint density at radius 1 is 1.12 bits per heavy atom. The molecule has 0 spiro atoms. The van der Waals surface area contributed by atoms with Gasteiger partial charge in [0.25, 0.3) is 0 Å². The van der Waals surface area contributed by atoms with Gasteiger partial charge in [-0.2, -0.15) is 0 Å². The minimum absolute atomic E-state index is 0.0855. The van der Waals surface area contributed by atoms with Crippen molar-refractivity contribution in [3.8, 4) is 11.4 Å². The first kappa shape index (κ1) is 20.1. The Morgan fingerprint density at radius 3 is 2.68 bits per heavy atom. The largest absolute Gasteiger partial charge is 0.481 e. The summed E-state index contributed by atoms with van der Waals surface area (Å²) in [6.07, 6.45) is 12.2. The highest BCUT2D eigenvalue weighted by Gasteiger charge is 2.47. The number of pyridine rings is 1. The normalized spacial score (nSPS) is 26.5. The molecule has 2 unspecified atom stereocenters. The van der Waals surface area contributed by atoms with Crippen molar-refractivity contribution in [1.82, 2.24) is 24.5 Å². The first-order valence-corrected chi connectivity index (χ1v) is 12.3. The Bertz CT molecular complexity index is 1430. The predicted molar refractivity (Wildman–Crippen MR) is 125 cm³/mol. The second-order valence-electron chi connectivity index (χ2n) is 10.3. The van der Waals surface area contributed by atoms with Crippen LogP contribution >= 0.6 is 0 Å². The van der Waals surface area contributed by atoms with Crippen LogP contribution in [0.3, 0.4) is 0 Å². The highest BCUT2D eigenvalue weighted by Crippen LogP contribution is 2.50. The van der Waals surface area contributed by atoms with Crippen molar-refractivity contribution in [3.05, 3.63) is 42.2 Å². The molecule has 0 aliphatic heterocycles. The van der Waals surface area contributed by atoms with E-state index in [1.165, 1.54) is 12.3 Å². The van der Waals surface area contributed by atoms with E-state index in [1.807, 2.05) is 0 Å². The zero-order chi connectivity index (χ0) is 23.0. The number of fused-ring (bicyclic) bond motifs is 5. The summed E-state index contributed by atoms with van der Waals surface area (Å²) in [5, 5.41) is 11.7. The Kier molecular flexibility index (Phi) is 4.35. The standard InChI is InChI=1S/C26H26FN5O2/c27-15-9-19-20(12-29-23(19)28-11-15)24-30-21(17-7-8-32(16-5-6-16)25(17)31-24)10-18-13-1-3-14(4-2-13)22(18)26(33)34/h7-9,11-14,16,18,22H,1-6,10H2,(H,28,29)(H,33,34). The zero-order valence-electron chi connectivity index (χ0n) is 18.7. The van der Waals surface area contributed by atoms with Crippen LogP contribution in [-0.2, 0) is 11.2 Å². The van der Waals surface area contributed by atoms with Crippen molar-refractivity contribution in [1.29, 1.82) is 0 Å². The van der Waals surface area contributed by atoms with Crippen molar-refractivity contribution in [2.24, 2.45) is 23.7 Å². The van der Waals surface area contributed by atoms with Crippen LogP contribution in [0.15, 0.2) is 30.7 Å². The topological polar surface area (TPSA) is 96.7 Å². The van der Waals surface area contributed by atoms with Crippen molar-refractivity contribution < 1.29 is 14.3 Å². The fourth-order valence-corrected chi connectivity index (χ4v) is 6.66. The monoisotopic (exact) mass is 459 g/mol. The van der Waals surface area contributed by atoms with E-state index in [2.05, 4.69) is 26.8 Å². The number of halogens is 1. The van der Waals surface area contributed by atoms with E-state index < -0.39 is 11.8 Å². The highest BCUT2D eigenvalue weighted by atomic mass is 19.1. The third kappa shape index (κ3) is 3.07. The molecule has 34 heavy (non-hydrogen) atoms. The molecule has 4 aromatic rings. The summed E-state index contributed by atoms with van der Waals surface area (Å²) in [4.78, 5) is 29.5. The molecule has 4 saturated carbocycles. The lowest BCUT2D eigenvalue weighted by Crippen LogP contribution is -2.45. The Balaban J connectivity index is 1.38. The van der Waals surface area contributed by atoms with Gasteiger partial charge in [-0.15, -0.1) is 0 Å². The van der Waals surface area contributed by atoms with E-state index in [4.69, 9.17) is 9.97 Å². The van der Waals surface area contributed by atoms with Gasteiger partial charge in [0.1, 0.15) is 17.1 Å². The molecule has 4 heterocycles. The van der Waals surface area contributed by atoms with E-state index in [9.17, 15) is 14.3 Å². The van der Waals surface area contributed by atoms with Gasteiger partial charge in [0.15, 0.2) is 5.82 Å². The Hall–Kier alpha value is -3.29. The van der Waals surface area contributed by atoms with Crippen LogP contribution < -0.4 is 0 Å². The van der Waals surface area contributed by atoms with Gasteiger partial charge in [-0.3, -0.25) is 4.79 Å². The lowest BCUT2D eigenvalue weighted by Gasteiger charge is -2.46. The van der Waals surface area contributed by atoms with Gasteiger partial charge in [-0.1, -0.05) is 0 Å². The molecule has 0 aromatic carbocycles. The molecular weight excluding hydrogens is 433 g/mol. The summed E-state index contributed by atoms with van der Waals surface area (Å²) in [5.74, 6) is -0.0635. The minimum Gasteiger partial charge on any atom is -0.481 e. The average Bonchev–Trinajstić information content (AvgIpc) is 3.45. The first-order chi connectivity index (χ1) is 16.6. The maximum absolute atomic E-state index is 14.0. The summed E-state index contributed by atoms with van der Waals surface area (Å²) < 4.78 is 16.2. The SMILES string of the molecule is O=C(O)C1C2CCC(CC2)C1Cc1nc(-c2c[nH]c3ncc(F)cc23)nc2c1ccn2C1CC1. The molecule has 2 N–H and O–H groups in total. The summed E-state index contributed by atoms with van der Waals surface area (Å²) in [6.45, 7) is 0. The molecule has 4 aliphatic carbocycles. The third-order valence-corrected chi connectivity index (χ3v) is 8.44. The molecule has 2 bridgehead atoms. The van der Waals surface area contributed by atoms with Crippen LogP contribution in [-0.4, -0.2) is 35.6 Å².